The molecule has 0 bridgehead atoms. The lowest BCUT2D eigenvalue weighted by atomic mass is 9.85. The summed E-state index contributed by atoms with van der Waals surface area (Å²) < 4.78 is 11.5. The Bertz CT molecular complexity index is 629. The van der Waals surface area contributed by atoms with Crippen molar-refractivity contribution in [2.45, 2.75) is 183 Å². The Hall–Kier alpha value is -1.32. The summed E-state index contributed by atoms with van der Waals surface area (Å²) in [4.78, 5) is 26.7. The minimum atomic E-state index is -0.315. The summed E-state index contributed by atoms with van der Waals surface area (Å²) in [5, 5.41) is 0. The maximum Gasteiger partial charge on any atom is 0.334 e. The van der Waals surface area contributed by atoms with E-state index < -0.39 is 0 Å². The quantitative estimate of drug-likeness (QED) is 0.0610. The van der Waals surface area contributed by atoms with E-state index in [1.54, 1.807) is 0 Å². The van der Waals surface area contributed by atoms with Crippen molar-refractivity contribution in [1.29, 1.82) is 0 Å². The molecular weight excluding hydrogens is 484 g/mol. The van der Waals surface area contributed by atoms with Gasteiger partial charge in [0.2, 0.25) is 0 Å². The zero-order chi connectivity index (χ0) is 29.2. The van der Waals surface area contributed by atoms with E-state index in [1.165, 1.54) is 89.9 Å². The van der Waals surface area contributed by atoms with E-state index in [4.69, 9.17) is 9.47 Å². The molecule has 0 heterocycles. The zero-order valence-corrected chi connectivity index (χ0v) is 27.1. The van der Waals surface area contributed by atoms with Crippen molar-refractivity contribution in [3.05, 3.63) is 11.1 Å². The predicted molar refractivity (Wildman–Crippen MR) is 167 cm³/mol. The van der Waals surface area contributed by atoms with Crippen molar-refractivity contribution < 1.29 is 19.1 Å². The van der Waals surface area contributed by atoms with E-state index in [1.807, 2.05) is 0 Å². The second-order valence-electron chi connectivity index (χ2n) is 12.7. The van der Waals surface area contributed by atoms with Gasteiger partial charge in [0.05, 0.1) is 13.2 Å². The Balaban J connectivity index is 5.25. The molecule has 0 spiro atoms. The highest BCUT2D eigenvalue weighted by molar-refractivity contribution is 6.00. The Morgan fingerprint density at radius 1 is 0.462 bits per heavy atom. The maximum atomic E-state index is 13.3. The molecule has 230 valence electrons. The summed E-state index contributed by atoms with van der Waals surface area (Å²) in [6.45, 7) is 13.9. The minimum absolute atomic E-state index is 0.126. The number of carbonyl (C=O) groups is 2. The molecule has 0 aliphatic carbocycles. The van der Waals surface area contributed by atoms with Crippen molar-refractivity contribution in [2.75, 3.05) is 13.2 Å². The van der Waals surface area contributed by atoms with Crippen molar-refractivity contribution in [2.24, 2.45) is 5.41 Å². The van der Waals surface area contributed by atoms with Crippen LogP contribution in [0.4, 0.5) is 0 Å². The number of unbranched alkanes of at least 4 members (excludes halogenated alkanes) is 17. The van der Waals surface area contributed by atoms with Gasteiger partial charge in [-0.25, -0.2) is 9.59 Å². The van der Waals surface area contributed by atoms with Crippen LogP contribution in [0.1, 0.15) is 183 Å². The van der Waals surface area contributed by atoms with E-state index in [-0.39, 0.29) is 17.4 Å². The largest absolute Gasteiger partial charge is 0.462 e. The normalized spacial score (nSPS) is 12.4. The van der Waals surface area contributed by atoms with E-state index >= 15 is 0 Å². The van der Waals surface area contributed by atoms with Gasteiger partial charge in [-0.05, 0) is 37.5 Å². The number of esters is 2. The lowest BCUT2D eigenvalue weighted by Crippen LogP contribution is -2.21. The molecule has 4 nitrogen and oxygen atoms in total. The van der Waals surface area contributed by atoms with Crippen LogP contribution in [0.5, 0.6) is 0 Å². The van der Waals surface area contributed by atoms with Crippen LogP contribution >= 0.6 is 0 Å². The second-order valence-corrected chi connectivity index (χ2v) is 12.7. The molecule has 0 aliphatic heterocycles. The molecule has 0 aromatic carbocycles. The van der Waals surface area contributed by atoms with Crippen LogP contribution in [-0.2, 0) is 19.1 Å². The molecule has 0 aliphatic rings. The molecule has 0 N–H and O–H groups in total. The fourth-order valence-electron chi connectivity index (χ4n) is 4.91. The third-order valence-electron chi connectivity index (χ3n) is 7.31. The molecule has 0 saturated heterocycles. The van der Waals surface area contributed by atoms with Gasteiger partial charge in [-0.15, -0.1) is 0 Å². The first-order valence-corrected chi connectivity index (χ1v) is 16.8. The maximum absolute atomic E-state index is 13.3. The van der Waals surface area contributed by atoms with Crippen LogP contribution in [-0.4, -0.2) is 25.2 Å². The molecule has 0 fully saturated rings. The van der Waals surface area contributed by atoms with Gasteiger partial charge < -0.3 is 9.47 Å². The number of hydrogen-bond donors (Lipinski definition) is 0. The molecule has 0 atom stereocenters. The molecular formula is C35H66O4. The molecule has 0 radical (unpaired) electrons. The highest BCUT2D eigenvalue weighted by Gasteiger charge is 2.27. The summed E-state index contributed by atoms with van der Waals surface area (Å²) in [7, 11) is 0. The standard InChI is InChI=1S/C35H66O4/c1-7-10-13-16-19-20-21-24-27-31(33(36)38-28-25-22-17-14-11-8-2)32(30-35(4,5)6)34(37)39-29-26-23-18-15-12-9-3/h7-30H2,1-6H3/b32-31-. The Morgan fingerprint density at radius 2 is 0.795 bits per heavy atom. The molecule has 0 saturated carbocycles. The van der Waals surface area contributed by atoms with Crippen molar-refractivity contribution in [3.63, 3.8) is 0 Å². The van der Waals surface area contributed by atoms with Crippen LogP contribution in [0.25, 0.3) is 0 Å². The van der Waals surface area contributed by atoms with Crippen molar-refractivity contribution in [3.8, 4) is 0 Å². The Kier molecular flexibility index (Phi) is 24.8. The molecule has 4 heteroatoms. The highest BCUT2D eigenvalue weighted by Crippen LogP contribution is 2.30. The SMILES string of the molecule is CCCCCCCCCC/C(C(=O)OCCCCCCCC)=C(\CC(C)(C)C)C(=O)OCCCCCCCC. The van der Waals surface area contributed by atoms with E-state index in [2.05, 4.69) is 41.5 Å². The Labute approximate surface area is 243 Å². The van der Waals surface area contributed by atoms with Crippen molar-refractivity contribution in [1.82, 2.24) is 0 Å². The van der Waals surface area contributed by atoms with Crippen LogP contribution < -0.4 is 0 Å². The molecule has 0 unspecified atom stereocenters. The second kappa shape index (κ2) is 25.6. The van der Waals surface area contributed by atoms with Crippen LogP contribution in [0.2, 0.25) is 0 Å². The average Bonchev–Trinajstić information content (AvgIpc) is 2.89. The Morgan fingerprint density at radius 3 is 1.18 bits per heavy atom. The molecule has 0 aromatic rings. The van der Waals surface area contributed by atoms with E-state index in [0.29, 0.717) is 37.2 Å². The average molecular weight is 551 g/mol. The fraction of sp³-hybridized carbons (Fsp3) is 0.886. The molecule has 0 rings (SSSR count). The van der Waals surface area contributed by atoms with Crippen LogP contribution in [0.3, 0.4) is 0 Å². The molecule has 39 heavy (non-hydrogen) atoms. The van der Waals surface area contributed by atoms with Gasteiger partial charge in [-0.2, -0.15) is 0 Å². The zero-order valence-electron chi connectivity index (χ0n) is 27.1. The molecule has 0 aromatic heterocycles. The smallest absolute Gasteiger partial charge is 0.334 e. The monoisotopic (exact) mass is 550 g/mol. The third-order valence-corrected chi connectivity index (χ3v) is 7.31. The summed E-state index contributed by atoms with van der Waals surface area (Å²) in [5.41, 5.74) is 0.984. The number of carbonyl (C=O) groups excluding carboxylic acids is 2. The first-order chi connectivity index (χ1) is 18.8. The van der Waals surface area contributed by atoms with Gasteiger partial charge in [0, 0.05) is 11.1 Å². The predicted octanol–water partition coefficient (Wildman–Crippen LogP) is 11.1. The summed E-state index contributed by atoms with van der Waals surface area (Å²) in [6.07, 6.45) is 24.5. The third kappa shape index (κ3) is 23.1. The number of hydrogen-bond acceptors (Lipinski definition) is 4. The number of rotatable bonds is 26. The molecule has 0 amide bonds. The van der Waals surface area contributed by atoms with E-state index in [9.17, 15) is 9.59 Å². The lowest BCUT2D eigenvalue weighted by molar-refractivity contribution is -0.143. The van der Waals surface area contributed by atoms with Gasteiger partial charge in [-0.3, -0.25) is 0 Å². The first-order valence-electron chi connectivity index (χ1n) is 16.8. The van der Waals surface area contributed by atoms with Gasteiger partial charge in [0.1, 0.15) is 0 Å². The fourth-order valence-corrected chi connectivity index (χ4v) is 4.91. The summed E-state index contributed by atoms with van der Waals surface area (Å²) >= 11 is 0. The number of ether oxygens (including phenoxy) is 2. The van der Waals surface area contributed by atoms with Gasteiger partial charge in [0.15, 0.2) is 0 Å². The van der Waals surface area contributed by atoms with Crippen molar-refractivity contribution >= 4 is 11.9 Å². The first kappa shape index (κ1) is 37.7. The summed E-state index contributed by atoms with van der Waals surface area (Å²) in [6, 6.07) is 0. The lowest BCUT2D eigenvalue weighted by Gasteiger charge is -2.22. The van der Waals surface area contributed by atoms with Gasteiger partial charge in [-0.1, -0.05) is 151 Å². The van der Waals surface area contributed by atoms with E-state index in [0.717, 1.165) is 38.5 Å². The van der Waals surface area contributed by atoms with Gasteiger partial charge in [0.25, 0.3) is 0 Å². The highest BCUT2D eigenvalue weighted by atomic mass is 16.5. The van der Waals surface area contributed by atoms with Gasteiger partial charge >= 0.3 is 11.9 Å². The van der Waals surface area contributed by atoms with Crippen LogP contribution in [0.15, 0.2) is 11.1 Å². The summed E-state index contributed by atoms with van der Waals surface area (Å²) in [5.74, 6) is -0.619. The minimum Gasteiger partial charge on any atom is -0.462 e. The topological polar surface area (TPSA) is 52.6 Å². The van der Waals surface area contributed by atoms with Crippen LogP contribution in [0, 0.1) is 5.41 Å².